The molecule has 0 unspecified atom stereocenters. The van der Waals surface area contributed by atoms with Crippen molar-refractivity contribution in [3.63, 3.8) is 0 Å². The Bertz CT molecular complexity index is 650. The van der Waals surface area contributed by atoms with Crippen LogP contribution in [0.25, 0.3) is 0 Å². The second-order valence-electron chi connectivity index (χ2n) is 4.25. The molecule has 0 aliphatic carbocycles. The molecule has 0 aromatic heterocycles. The van der Waals surface area contributed by atoms with Crippen LogP contribution in [0.3, 0.4) is 0 Å². The van der Waals surface area contributed by atoms with E-state index in [9.17, 15) is 8.78 Å². The second-order valence-corrected chi connectivity index (χ2v) is 4.63. The molecule has 0 aliphatic rings. The summed E-state index contributed by atoms with van der Waals surface area (Å²) < 4.78 is 36.7. The second kappa shape index (κ2) is 6.63. The van der Waals surface area contributed by atoms with Gasteiger partial charge in [0, 0.05) is 12.6 Å². The highest BCUT2D eigenvalue weighted by atomic mass is 35.5. The number of nitrogens with one attached hydrogen (secondary N) is 1. The standard InChI is InChI=1S/C15H14ClF2NO2/c1-20-13-6-3-9(14(16)15(13)21-2)8-19-12-5-4-10(17)7-11(12)18/h3-7,19H,8H2,1-2H3. The predicted molar refractivity (Wildman–Crippen MR) is 78.2 cm³/mol. The lowest BCUT2D eigenvalue weighted by molar-refractivity contribution is 0.355. The lowest BCUT2D eigenvalue weighted by Gasteiger charge is -2.14. The molecule has 1 N–H and O–H groups in total. The Kier molecular flexibility index (Phi) is 4.85. The summed E-state index contributed by atoms with van der Waals surface area (Å²) >= 11 is 6.23. The lowest BCUT2D eigenvalue weighted by Crippen LogP contribution is -2.03. The topological polar surface area (TPSA) is 30.5 Å². The molecule has 112 valence electrons. The molecule has 0 spiro atoms. The van der Waals surface area contributed by atoms with Crippen molar-refractivity contribution in [1.82, 2.24) is 0 Å². The molecule has 2 aromatic carbocycles. The molecule has 0 saturated heterocycles. The quantitative estimate of drug-likeness (QED) is 0.895. The maximum atomic E-state index is 13.5. The smallest absolute Gasteiger partial charge is 0.179 e. The van der Waals surface area contributed by atoms with Crippen molar-refractivity contribution in [2.75, 3.05) is 19.5 Å². The van der Waals surface area contributed by atoms with E-state index in [-0.39, 0.29) is 12.2 Å². The average molecular weight is 314 g/mol. The van der Waals surface area contributed by atoms with Gasteiger partial charge in [-0.15, -0.1) is 0 Å². The maximum absolute atomic E-state index is 13.5. The van der Waals surface area contributed by atoms with Crippen molar-refractivity contribution in [2.24, 2.45) is 0 Å². The molecule has 0 atom stereocenters. The SMILES string of the molecule is COc1ccc(CNc2ccc(F)cc2F)c(Cl)c1OC. The molecule has 0 amide bonds. The fourth-order valence-electron chi connectivity index (χ4n) is 1.89. The normalized spacial score (nSPS) is 10.3. The first kappa shape index (κ1) is 15.4. The van der Waals surface area contributed by atoms with Crippen molar-refractivity contribution >= 4 is 17.3 Å². The minimum absolute atomic E-state index is 0.197. The highest BCUT2D eigenvalue weighted by Crippen LogP contribution is 2.37. The van der Waals surface area contributed by atoms with Gasteiger partial charge >= 0.3 is 0 Å². The number of anilines is 1. The molecule has 0 saturated carbocycles. The Morgan fingerprint density at radius 2 is 1.86 bits per heavy atom. The van der Waals surface area contributed by atoms with E-state index in [1.165, 1.54) is 26.4 Å². The van der Waals surface area contributed by atoms with Crippen molar-refractivity contribution in [2.45, 2.75) is 6.54 Å². The third-order valence-electron chi connectivity index (χ3n) is 2.97. The molecule has 0 radical (unpaired) electrons. The Morgan fingerprint density at radius 1 is 1.10 bits per heavy atom. The van der Waals surface area contributed by atoms with Crippen LogP contribution >= 0.6 is 11.6 Å². The van der Waals surface area contributed by atoms with Crippen LogP contribution in [-0.4, -0.2) is 14.2 Å². The summed E-state index contributed by atoms with van der Waals surface area (Å²) in [6.07, 6.45) is 0. The number of ether oxygens (including phenoxy) is 2. The zero-order chi connectivity index (χ0) is 15.4. The Balaban J connectivity index is 2.20. The lowest BCUT2D eigenvalue weighted by atomic mass is 10.2. The van der Waals surface area contributed by atoms with E-state index in [1.54, 1.807) is 12.1 Å². The summed E-state index contributed by atoms with van der Waals surface area (Å²) in [4.78, 5) is 0. The van der Waals surface area contributed by atoms with E-state index in [4.69, 9.17) is 21.1 Å². The van der Waals surface area contributed by atoms with Crippen LogP contribution in [0.4, 0.5) is 14.5 Å². The Morgan fingerprint density at radius 3 is 2.48 bits per heavy atom. The molecule has 0 aliphatic heterocycles. The molecule has 6 heteroatoms. The van der Waals surface area contributed by atoms with Gasteiger partial charge in [0.15, 0.2) is 11.5 Å². The third-order valence-corrected chi connectivity index (χ3v) is 3.38. The van der Waals surface area contributed by atoms with Crippen molar-refractivity contribution in [3.05, 3.63) is 52.6 Å². The Labute approximate surface area is 126 Å². The minimum atomic E-state index is -0.661. The van der Waals surface area contributed by atoms with Gasteiger partial charge < -0.3 is 14.8 Å². The highest BCUT2D eigenvalue weighted by molar-refractivity contribution is 6.33. The molecular formula is C15H14ClF2NO2. The van der Waals surface area contributed by atoms with E-state index in [0.29, 0.717) is 22.1 Å². The zero-order valence-electron chi connectivity index (χ0n) is 11.5. The number of methoxy groups -OCH3 is 2. The van der Waals surface area contributed by atoms with E-state index >= 15 is 0 Å². The molecule has 3 nitrogen and oxygen atoms in total. The first-order chi connectivity index (χ1) is 10.1. The molecule has 0 bridgehead atoms. The number of benzene rings is 2. The van der Waals surface area contributed by atoms with Gasteiger partial charge in [-0.05, 0) is 23.8 Å². The summed E-state index contributed by atoms with van der Waals surface area (Å²) in [5, 5.41) is 3.24. The van der Waals surface area contributed by atoms with Gasteiger partial charge in [-0.2, -0.15) is 0 Å². The van der Waals surface area contributed by atoms with Gasteiger partial charge in [-0.3, -0.25) is 0 Å². The van der Waals surface area contributed by atoms with Gasteiger partial charge in [0.1, 0.15) is 11.6 Å². The average Bonchev–Trinajstić information content (AvgIpc) is 2.47. The van der Waals surface area contributed by atoms with Gasteiger partial charge in [-0.25, -0.2) is 8.78 Å². The van der Waals surface area contributed by atoms with Crippen molar-refractivity contribution < 1.29 is 18.3 Å². The molecular weight excluding hydrogens is 300 g/mol. The predicted octanol–water partition coefficient (Wildman–Crippen LogP) is 4.25. The summed E-state index contributed by atoms with van der Waals surface area (Å²) in [6.45, 7) is 0.266. The third kappa shape index (κ3) is 3.36. The van der Waals surface area contributed by atoms with Crippen LogP contribution in [0, 0.1) is 11.6 Å². The Hall–Kier alpha value is -2.01. The number of hydrogen-bond donors (Lipinski definition) is 1. The largest absolute Gasteiger partial charge is 0.493 e. The van der Waals surface area contributed by atoms with Gasteiger partial charge in [0.25, 0.3) is 0 Å². The first-order valence-electron chi connectivity index (χ1n) is 6.15. The number of hydrogen-bond acceptors (Lipinski definition) is 3. The van der Waals surface area contributed by atoms with Crippen LogP contribution in [0.15, 0.2) is 30.3 Å². The van der Waals surface area contributed by atoms with E-state index < -0.39 is 11.6 Å². The minimum Gasteiger partial charge on any atom is -0.493 e. The van der Waals surface area contributed by atoms with E-state index in [0.717, 1.165) is 6.07 Å². The van der Waals surface area contributed by atoms with E-state index in [1.807, 2.05) is 0 Å². The van der Waals surface area contributed by atoms with Crippen LogP contribution < -0.4 is 14.8 Å². The molecule has 2 rings (SSSR count). The molecule has 0 fully saturated rings. The fourth-order valence-corrected chi connectivity index (χ4v) is 2.19. The van der Waals surface area contributed by atoms with Gasteiger partial charge in [0.05, 0.1) is 24.9 Å². The molecule has 0 heterocycles. The zero-order valence-corrected chi connectivity index (χ0v) is 12.3. The van der Waals surface area contributed by atoms with Gasteiger partial charge in [0.2, 0.25) is 0 Å². The summed E-state index contributed by atoms with van der Waals surface area (Å²) in [6, 6.07) is 6.79. The highest BCUT2D eigenvalue weighted by Gasteiger charge is 2.13. The number of halogens is 3. The molecule has 2 aromatic rings. The van der Waals surface area contributed by atoms with Crippen LogP contribution in [0.2, 0.25) is 5.02 Å². The van der Waals surface area contributed by atoms with Crippen molar-refractivity contribution in [3.8, 4) is 11.5 Å². The van der Waals surface area contributed by atoms with Crippen molar-refractivity contribution in [1.29, 1.82) is 0 Å². The molecule has 21 heavy (non-hydrogen) atoms. The number of rotatable bonds is 5. The fraction of sp³-hybridized carbons (Fsp3) is 0.200. The van der Waals surface area contributed by atoms with E-state index in [2.05, 4.69) is 5.32 Å². The first-order valence-corrected chi connectivity index (χ1v) is 6.53. The van der Waals surface area contributed by atoms with Gasteiger partial charge in [-0.1, -0.05) is 17.7 Å². The maximum Gasteiger partial charge on any atom is 0.179 e. The summed E-state index contributed by atoms with van der Waals surface area (Å²) in [7, 11) is 3.00. The monoisotopic (exact) mass is 313 g/mol. The summed E-state index contributed by atoms with van der Waals surface area (Å²) in [5.41, 5.74) is 0.903. The van der Waals surface area contributed by atoms with Crippen LogP contribution in [0.1, 0.15) is 5.56 Å². The summed E-state index contributed by atoms with van der Waals surface area (Å²) in [5.74, 6) is -0.356. The van der Waals surface area contributed by atoms with Crippen LogP contribution in [-0.2, 0) is 6.54 Å². The van der Waals surface area contributed by atoms with Crippen LogP contribution in [0.5, 0.6) is 11.5 Å².